The molecule has 1 aromatic rings. The van der Waals surface area contributed by atoms with Gasteiger partial charge < -0.3 is 14.6 Å². The molecule has 0 radical (unpaired) electrons. The van der Waals surface area contributed by atoms with E-state index in [9.17, 15) is 4.79 Å². The molecule has 0 saturated carbocycles. The van der Waals surface area contributed by atoms with Gasteiger partial charge in [-0.3, -0.25) is 9.69 Å². The zero-order valence-corrected chi connectivity index (χ0v) is 10.6. The largest absolute Gasteiger partial charge is 0.486 e. The first-order valence-electron chi connectivity index (χ1n) is 6.12. The molecule has 0 bridgehead atoms. The van der Waals surface area contributed by atoms with E-state index in [0.29, 0.717) is 25.4 Å². The first kappa shape index (κ1) is 13.4. The molecule has 19 heavy (non-hydrogen) atoms. The van der Waals surface area contributed by atoms with E-state index >= 15 is 0 Å². The van der Waals surface area contributed by atoms with Crippen LogP contribution in [0.25, 0.3) is 0 Å². The highest BCUT2D eigenvalue weighted by Crippen LogP contribution is 2.30. The smallest absolute Gasteiger partial charge is 0.317 e. The Kier molecular flexibility index (Phi) is 4.41. The molecular weight excluding hydrogens is 246 g/mol. The number of aliphatic carboxylic acids is 1. The first-order chi connectivity index (χ1) is 9.19. The lowest BCUT2D eigenvalue weighted by Crippen LogP contribution is -2.42. The van der Waals surface area contributed by atoms with Crippen LogP contribution in [0.4, 0.5) is 0 Å². The summed E-state index contributed by atoms with van der Waals surface area (Å²) in [4.78, 5) is 12.5. The van der Waals surface area contributed by atoms with Crippen molar-refractivity contribution in [2.75, 3.05) is 26.2 Å². The minimum atomic E-state index is -0.862. The number of benzene rings is 1. The van der Waals surface area contributed by atoms with Gasteiger partial charge in [0.2, 0.25) is 0 Å². The van der Waals surface area contributed by atoms with E-state index in [4.69, 9.17) is 14.6 Å². The molecule has 0 aliphatic carbocycles. The minimum absolute atomic E-state index is 0.0342. The number of fused-ring (bicyclic) bond motifs is 1. The Balaban J connectivity index is 1.96. The van der Waals surface area contributed by atoms with E-state index in [2.05, 4.69) is 6.58 Å². The van der Waals surface area contributed by atoms with Crippen LogP contribution in [0.3, 0.4) is 0 Å². The number of para-hydroxylation sites is 2. The van der Waals surface area contributed by atoms with Crippen LogP contribution in [0.1, 0.15) is 0 Å². The second kappa shape index (κ2) is 6.24. The first-order valence-corrected chi connectivity index (χ1v) is 6.12. The van der Waals surface area contributed by atoms with Crippen molar-refractivity contribution in [1.29, 1.82) is 0 Å². The molecule has 0 amide bonds. The average molecular weight is 263 g/mol. The minimum Gasteiger partial charge on any atom is -0.486 e. The molecule has 5 nitrogen and oxygen atoms in total. The molecule has 1 heterocycles. The van der Waals surface area contributed by atoms with Crippen molar-refractivity contribution in [3.8, 4) is 11.5 Å². The predicted octanol–water partition coefficient (Wildman–Crippen LogP) is 1.40. The number of carbonyl (C=O) groups is 1. The Bertz CT molecular complexity index is 461. The summed E-state index contributed by atoms with van der Waals surface area (Å²) in [5.41, 5.74) is 0. The van der Waals surface area contributed by atoms with E-state index in [-0.39, 0.29) is 12.6 Å². The Morgan fingerprint density at radius 1 is 1.47 bits per heavy atom. The number of rotatable bonds is 6. The van der Waals surface area contributed by atoms with Crippen LogP contribution in [0.2, 0.25) is 0 Å². The van der Waals surface area contributed by atoms with Crippen molar-refractivity contribution < 1.29 is 19.4 Å². The summed E-state index contributed by atoms with van der Waals surface area (Å²) in [6.45, 7) is 5.02. The summed E-state index contributed by atoms with van der Waals surface area (Å²) < 4.78 is 11.4. The van der Waals surface area contributed by atoms with Crippen molar-refractivity contribution >= 4 is 5.97 Å². The summed E-state index contributed by atoms with van der Waals surface area (Å²) >= 11 is 0. The lowest BCUT2D eigenvalue weighted by molar-refractivity contribution is -0.138. The molecule has 102 valence electrons. The highest BCUT2D eigenvalue weighted by atomic mass is 16.6. The Morgan fingerprint density at radius 2 is 2.21 bits per heavy atom. The van der Waals surface area contributed by atoms with Crippen molar-refractivity contribution in [2.45, 2.75) is 6.10 Å². The van der Waals surface area contributed by atoms with Crippen molar-refractivity contribution in [3.63, 3.8) is 0 Å². The summed E-state index contributed by atoms with van der Waals surface area (Å²) in [5, 5.41) is 8.85. The Labute approximate surface area is 112 Å². The average Bonchev–Trinajstić information content (AvgIpc) is 2.38. The van der Waals surface area contributed by atoms with Gasteiger partial charge in [-0.2, -0.15) is 0 Å². The summed E-state index contributed by atoms with van der Waals surface area (Å²) in [6, 6.07) is 7.46. The van der Waals surface area contributed by atoms with E-state index in [1.165, 1.54) is 0 Å². The molecule has 1 atom stereocenters. The van der Waals surface area contributed by atoms with Crippen LogP contribution in [-0.4, -0.2) is 48.3 Å². The maximum atomic E-state index is 10.8. The molecule has 1 unspecified atom stereocenters. The fraction of sp³-hybridized carbons (Fsp3) is 0.357. The second-order valence-electron chi connectivity index (χ2n) is 4.37. The van der Waals surface area contributed by atoms with Gasteiger partial charge in [-0.1, -0.05) is 18.2 Å². The van der Waals surface area contributed by atoms with E-state index < -0.39 is 5.97 Å². The molecule has 0 aromatic heterocycles. The van der Waals surface area contributed by atoms with Gasteiger partial charge >= 0.3 is 5.97 Å². The van der Waals surface area contributed by atoms with Crippen LogP contribution in [0, 0.1) is 0 Å². The van der Waals surface area contributed by atoms with Crippen molar-refractivity contribution in [3.05, 3.63) is 36.9 Å². The third-order valence-corrected chi connectivity index (χ3v) is 2.78. The van der Waals surface area contributed by atoms with Crippen LogP contribution < -0.4 is 9.47 Å². The van der Waals surface area contributed by atoms with Gasteiger partial charge in [0, 0.05) is 13.1 Å². The van der Waals surface area contributed by atoms with Crippen LogP contribution >= 0.6 is 0 Å². The molecule has 1 N–H and O–H groups in total. The highest BCUT2D eigenvalue weighted by Gasteiger charge is 2.23. The van der Waals surface area contributed by atoms with E-state index in [1.54, 1.807) is 11.0 Å². The molecule has 1 aliphatic heterocycles. The van der Waals surface area contributed by atoms with Gasteiger partial charge in [0.25, 0.3) is 0 Å². The lowest BCUT2D eigenvalue weighted by Gasteiger charge is -2.30. The number of ether oxygens (including phenoxy) is 2. The maximum absolute atomic E-state index is 10.8. The molecule has 5 heteroatoms. The fourth-order valence-electron chi connectivity index (χ4n) is 2.02. The van der Waals surface area contributed by atoms with Gasteiger partial charge in [-0.05, 0) is 12.1 Å². The Hall–Kier alpha value is -2.01. The number of carboxylic acid groups (broad SMARTS) is 1. The third-order valence-electron chi connectivity index (χ3n) is 2.78. The molecule has 1 aliphatic rings. The van der Waals surface area contributed by atoms with Gasteiger partial charge in [-0.15, -0.1) is 6.58 Å². The molecule has 0 saturated heterocycles. The number of carboxylic acids is 1. The quantitative estimate of drug-likeness (QED) is 0.786. The van der Waals surface area contributed by atoms with Gasteiger partial charge in [0.15, 0.2) is 11.5 Å². The fourth-order valence-corrected chi connectivity index (χ4v) is 2.02. The van der Waals surface area contributed by atoms with E-state index in [1.807, 2.05) is 24.3 Å². The molecular formula is C14H17NO4. The lowest BCUT2D eigenvalue weighted by atomic mass is 10.2. The third kappa shape index (κ3) is 3.72. The SMILES string of the molecule is C=CCN(CC(=O)O)CC1COc2ccccc2O1. The second-order valence-corrected chi connectivity index (χ2v) is 4.37. The summed E-state index contributed by atoms with van der Waals surface area (Å²) in [5.74, 6) is 0.568. The number of nitrogens with zero attached hydrogens (tertiary/aromatic N) is 1. The Morgan fingerprint density at radius 3 is 2.89 bits per heavy atom. The zero-order valence-electron chi connectivity index (χ0n) is 10.6. The van der Waals surface area contributed by atoms with Crippen LogP contribution in [0.15, 0.2) is 36.9 Å². The standard InChI is InChI=1S/C14H17NO4/c1-2-7-15(9-14(16)17)8-11-10-18-12-5-3-4-6-13(12)19-11/h2-6,11H,1,7-10H2,(H,16,17). The molecule has 2 rings (SSSR count). The van der Waals surface area contributed by atoms with Gasteiger partial charge in [-0.25, -0.2) is 0 Å². The highest BCUT2D eigenvalue weighted by molar-refractivity contribution is 5.69. The van der Waals surface area contributed by atoms with Crippen molar-refractivity contribution in [1.82, 2.24) is 4.90 Å². The summed E-state index contributed by atoms with van der Waals surface area (Å²) in [6.07, 6.45) is 1.51. The maximum Gasteiger partial charge on any atom is 0.317 e. The topological polar surface area (TPSA) is 59.0 Å². The van der Waals surface area contributed by atoms with Gasteiger partial charge in [0.1, 0.15) is 12.7 Å². The molecule has 0 fully saturated rings. The molecule has 0 spiro atoms. The predicted molar refractivity (Wildman–Crippen MR) is 70.6 cm³/mol. The van der Waals surface area contributed by atoms with Crippen LogP contribution in [0.5, 0.6) is 11.5 Å². The monoisotopic (exact) mass is 263 g/mol. The number of hydrogen-bond donors (Lipinski definition) is 1. The van der Waals surface area contributed by atoms with Gasteiger partial charge in [0.05, 0.1) is 6.54 Å². The normalized spacial score (nSPS) is 17.2. The number of hydrogen-bond acceptors (Lipinski definition) is 4. The summed E-state index contributed by atoms with van der Waals surface area (Å²) in [7, 11) is 0. The van der Waals surface area contributed by atoms with Crippen molar-refractivity contribution in [2.24, 2.45) is 0 Å². The van der Waals surface area contributed by atoms with Crippen LogP contribution in [-0.2, 0) is 4.79 Å². The zero-order chi connectivity index (χ0) is 13.7. The molecule has 1 aromatic carbocycles. The van der Waals surface area contributed by atoms with E-state index in [0.717, 1.165) is 5.75 Å².